The van der Waals surface area contributed by atoms with Gasteiger partial charge in [0.25, 0.3) is 5.56 Å². The lowest BCUT2D eigenvalue weighted by atomic mass is 10.0. The van der Waals surface area contributed by atoms with Crippen LogP contribution in [0.15, 0.2) is 58.1 Å². The lowest BCUT2D eigenvalue weighted by Crippen LogP contribution is -2.42. The van der Waals surface area contributed by atoms with E-state index in [0.717, 1.165) is 23.8 Å². The van der Waals surface area contributed by atoms with E-state index in [0.29, 0.717) is 41.8 Å². The van der Waals surface area contributed by atoms with Crippen LogP contribution in [0.5, 0.6) is 5.75 Å². The minimum absolute atomic E-state index is 0.0384. The molecule has 0 bridgehead atoms. The fraction of sp³-hybridized carbons (Fsp3) is 0.444. The van der Waals surface area contributed by atoms with Crippen LogP contribution in [0, 0.1) is 0 Å². The molecule has 1 aliphatic carbocycles. The van der Waals surface area contributed by atoms with E-state index in [1.165, 1.54) is 4.57 Å². The lowest BCUT2D eigenvalue weighted by molar-refractivity contribution is -0.116. The number of aromatic nitrogens is 2. The number of fused-ring (bicyclic) bond motifs is 1. The van der Waals surface area contributed by atoms with Crippen molar-refractivity contribution >= 4 is 32.3 Å². The van der Waals surface area contributed by atoms with Gasteiger partial charge in [-0.15, -0.1) is 0 Å². The number of para-hydroxylation sites is 3. The predicted molar refractivity (Wildman–Crippen MR) is 144 cm³/mol. The largest absolute Gasteiger partial charge is 0.492 e. The molecule has 1 fully saturated rings. The Hall–Kier alpha value is -3.40. The fourth-order valence-electron chi connectivity index (χ4n) is 4.92. The summed E-state index contributed by atoms with van der Waals surface area (Å²) in [7, 11) is -3.29. The number of hydrogen-bond acceptors (Lipinski definition) is 6. The van der Waals surface area contributed by atoms with Crippen LogP contribution in [0.1, 0.15) is 45.4 Å². The Bertz CT molecular complexity index is 1490. The second-order valence-corrected chi connectivity index (χ2v) is 11.7. The minimum Gasteiger partial charge on any atom is -0.492 e. The highest BCUT2D eigenvalue weighted by Gasteiger charge is 2.27. The van der Waals surface area contributed by atoms with Crippen LogP contribution in [-0.4, -0.2) is 41.1 Å². The highest BCUT2D eigenvalue weighted by atomic mass is 32.2. The maximum absolute atomic E-state index is 13.4. The topological polar surface area (TPSA) is 116 Å². The molecule has 10 heteroatoms. The standard InChI is InChI=1S/C27H33N3O6S/c1-2-36-24-16-9-7-14-22(24)28-25(31)19-30-23-15-8-6-13-21(23)26(32)29(27(30)33)17-10-18-37(34,35)20-11-4-3-5-12-20/h6-9,13-16,20H,2-5,10-12,17-19H2,1H3,(H,28,31). The number of rotatable bonds is 10. The van der Waals surface area contributed by atoms with E-state index in [-0.39, 0.29) is 30.5 Å². The van der Waals surface area contributed by atoms with Crippen LogP contribution in [0.25, 0.3) is 10.9 Å². The zero-order valence-corrected chi connectivity index (χ0v) is 21.8. The number of anilines is 1. The molecule has 1 aliphatic rings. The average molecular weight is 528 g/mol. The zero-order valence-electron chi connectivity index (χ0n) is 21.0. The average Bonchev–Trinajstić information content (AvgIpc) is 2.90. The molecule has 1 saturated carbocycles. The van der Waals surface area contributed by atoms with Crippen molar-refractivity contribution in [1.82, 2.24) is 9.13 Å². The monoisotopic (exact) mass is 527 g/mol. The molecule has 2 aromatic carbocycles. The van der Waals surface area contributed by atoms with Gasteiger partial charge in [-0.3, -0.25) is 18.7 Å². The molecule has 0 spiro atoms. The molecule has 1 heterocycles. The Kier molecular flexibility index (Phi) is 8.48. The number of hydrogen-bond donors (Lipinski definition) is 1. The van der Waals surface area contributed by atoms with E-state index in [9.17, 15) is 22.8 Å². The summed E-state index contributed by atoms with van der Waals surface area (Å²) in [6, 6.07) is 13.6. The fourth-order valence-corrected chi connectivity index (χ4v) is 6.84. The first-order chi connectivity index (χ1) is 17.8. The third-order valence-electron chi connectivity index (χ3n) is 6.77. The number of amides is 1. The first-order valence-electron chi connectivity index (χ1n) is 12.8. The summed E-state index contributed by atoms with van der Waals surface area (Å²) in [5.74, 6) is -0.0189. The smallest absolute Gasteiger partial charge is 0.331 e. The summed E-state index contributed by atoms with van der Waals surface area (Å²) in [6.45, 7) is 1.91. The molecule has 9 nitrogen and oxygen atoms in total. The third-order valence-corrected chi connectivity index (χ3v) is 9.11. The highest BCUT2D eigenvalue weighted by Crippen LogP contribution is 2.25. The van der Waals surface area contributed by atoms with E-state index in [1.807, 2.05) is 6.92 Å². The molecular formula is C27H33N3O6S. The molecule has 0 saturated heterocycles. The predicted octanol–water partition coefficient (Wildman–Crippen LogP) is 3.34. The van der Waals surface area contributed by atoms with Gasteiger partial charge in [-0.2, -0.15) is 0 Å². The Balaban J connectivity index is 1.58. The molecule has 1 aromatic heterocycles. The van der Waals surface area contributed by atoms with Crippen molar-refractivity contribution in [3.05, 3.63) is 69.4 Å². The van der Waals surface area contributed by atoms with Crippen molar-refractivity contribution in [1.29, 1.82) is 0 Å². The molecule has 0 aliphatic heterocycles. The SMILES string of the molecule is CCOc1ccccc1NC(=O)Cn1c(=O)n(CCCS(=O)(=O)C2CCCCC2)c(=O)c2ccccc21. The first kappa shape index (κ1) is 26.7. The summed E-state index contributed by atoms with van der Waals surface area (Å²) >= 11 is 0. The number of nitrogens with one attached hydrogen (secondary N) is 1. The molecule has 0 atom stereocenters. The van der Waals surface area contributed by atoms with Crippen molar-refractivity contribution in [3.63, 3.8) is 0 Å². The molecule has 198 valence electrons. The minimum atomic E-state index is -3.29. The van der Waals surface area contributed by atoms with Gasteiger partial charge in [-0.1, -0.05) is 43.5 Å². The first-order valence-corrected chi connectivity index (χ1v) is 14.5. The molecule has 0 unspecified atom stereocenters. The normalized spacial score (nSPS) is 14.5. The van der Waals surface area contributed by atoms with Crippen molar-refractivity contribution in [3.8, 4) is 5.75 Å². The van der Waals surface area contributed by atoms with Crippen LogP contribution in [0.3, 0.4) is 0 Å². The van der Waals surface area contributed by atoms with E-state index in [4.69, 9.17) is 4.74 Å². The maximum Gasteiger partial charge on any atom is 0.331 e. The van der Waals surface area contributed by atoms with E-state index >= 15 is 0 Å². The summed E-state index contributed by atoms with van der Waals surface area (Å²) < 4.78 is 33.4. The van der Waals surface area contributed by atoms with Crippen LogP contribution >= 0.6 is 0 Å². The van der Waals surface area contributed by atoms with E-state index in [2.05, 4.69) is 5.32 Å². The number of carbonyl (C=O) groups is 1. The number of carbonyl (C=O) groups excluding carboxylic acids is 1. The van der Waals surface area contributed by atoms with Crippen LogP contribution in [0.2, 0.25) is 0 Å². The van der Waals surface area contributed by atoms with Crippen LogP contribution in [0.4, 0.5) is 5.69 Å². The van der Waals surface area contributed by atoms with E-state index in [1.54, 1.807) is 48.5 Å². The van der Waals surface area contributed by atoms with Gasteiger partial charge in [-0.25, -0.2) is 13.2 Å². The molecule has 4 rings (SSSR count). The van der Waals surface area contributed by atoms with Gasteiger partial charge >= 0.3 is 5.69 Å². The summed E-state index contributed by atoms with van der Waals surface area (Å²) in [5, 5.41) is 2.73. The van der Waals surface area contributed by atoms with Crippen molar-refractivity contribution in [2.75, 3.05) is 17.7 Å². The number of nitrogens with zero attached hydrogens (tertiary/aromatic N) is 2. The van der Waals surface area contributed by atoms with Crippen LogP contribution < -0.4 is 21.3 Å². The van der Waals surface area contributed by atoms with Gasteiger partial charge in [0.15, 0.2) is 9.84 Å². The second-order valence-electron chi connectivity index (χ2n) is 9.30. The van der Waals surface area contributed by atoms with Crippen LogP contribution in [-0.2, 0) is 27.7 Å². The molecule has 1 N–H and O–H groups in total. The van der Waals surface area contributed by atoms with Gasteiger partial charge in [0.05, 0.1) is 34.2 Å². The van der Waals surface area contributed by atoms with Crippen molar-refractivity contribution in [2.24, 2.45) is 0 Å². The molecule has 3 aromatic rings. The van der Waals surface area contributed by atoms with Crippen molar-refractivity contribution in [2.45, 2.75) is 63.8 Å². The molecule has 1 amide bonds. The summed E-state index contributed by atoms with van der Waals surface area (Å²) in [5.41, 5.74) is -0.314. The number of benzene rings is 2. The zero-order chi connectivity index (χ0) is 26.4. The Morgan fingerprint density at radius 2 is 1.70 bits per heavy atom. The lowest BCUT2D eigenvalue weighted by Gasteiger charge is -2.21. The Morgan fingerprint density at radius 1 is 1.00 bits per heavy atom. The second kappa shape index (κ2) is 11.8. The van der Waals surface area contributed by atoms with Gasteiger partial charge in [0.2, 0.25) is 5.91 Å². The third kappa shape index (κ3) is 6.12. The van der Waals surface area contributed by atoms with Gasteiger partial charge < -0.3 is 10.1 Å². The van der Waals surface area contributed by atoms with Crippen molar-refractivity contribution < 1.29 is 17.9 Å². The van der Waals surface area contributed by atoms with E-state index < -0.39 is 27.0 Å². The summed E-state index contributed by atoms with van der Waals surface area (Å²) in [4.78, 5) is 39.5. The quantitative estimate of drug-likeness (QED) is 0.432. The highest BCUT2D eigenvalue weighted by molar-refractivity contribution is 7.92. The Labute approximate surface area is 216 Å². The molecule has 0 radical (unpaired) electrons. The van der Waals surface area contributed by atoms with Gasteiger partial charge in [0.1, 0.15) is 12.3 Å². The number of sulfone groups is 1. The maximum atomic E-state index is 13.4. The van der Waals surface area contributed by atoms with Gasteiger partial charge in [-0.05, 0) is 50.5 Å². The van der Waals surface area contributed by atoms with Gasteiger partial charge in [0, 0.05) is 6.54 Å². The number of ether oxygens (including phenoxy) is 1. The molecule has 37 heavy (non-hydrogen) atoms. The summed E-state index contributed by atoms with van der Waals surface area (Å²) in [6.07, 6.45) is 4.38. The molecular weight excluding hydrogens is 494 g/mol. The Morgan fingerprint density at radius 3 is 2.46 bits per heavy atom.